The number of rotatable bonds is 7. The third-order valence-corrected chi connectivity index (χ3v) is 4.08. The molecule has 0 aliphatic carbocycles. The van der Waals surface area contributed by atoms with Crippen LogP contribution in [0, 0.1) is 0 Å². The zero-order chi connectivity index (χ0) is 16.6. The number of fused-ring (bicyclic) bond motifs is 1. The maximum absolute atomic E-state index is 5.92. The van der Waals surface area contributed by atoms with Crippen LogP contribution in [0.25, 0.3) is 10.9 Å². The molecule has 0 saturated carbocycles. The molecule has 0 amide bonds. The summed E-state index contributed by atoms with van der Waals surface area (Å²) >= 11 is 0. The van der Waals surface area contributed by atoms with Gasteiger partial charge in [-0.1, -0.05) is 48.5 Å². The van der Waals surface area contributed by atoms with Gasteiger partial charge in [-0.3, -0.25) is 4.99 Å². The third-order valence-electron chi connectivity index (χ3n) is 4.08. The molecular weight excluding hydrogens is 296 g/mol. The van der Waals surface area contributed by atoms with E-state index in [1.165, 1.54) is 16.5 Å². The van der Waals surface area contributed by atoms with Crippen molar-refractivity contribution in [2.75, 3.05) is 13.1 Å². The first-order valence-electron chi connectivity index (χ1n) is 8.44. The van der Waals surface area contributed by atoms with Crippen LogP contribution in [-0.4, -0.2) is 23.6 Å². The second-order valence-electron chi connectivity index (χ2n) is 5.85. The lowest BCUT2D eigenvalue weighted by atomic mass is 10.1. The highest BCUT2D eigenvalue weighted by Gasteiger charge is 1.99. The molecule has 1 aromatic heterocycles. The Bertz CT molecular complexity index is 790. The van der Waals surface area contributed by atoms with Gasteiger partial charge in [0.15, 0.2) is 5.96 Å². The molecule has 3 aromatic rings. The minimum Gasteiger partial charge on any atom is -0.370 e. The maximum Gasteiger partial charge on any atom is 0.188 e. The van der Waals surface area contributed by atoms with Gasteiger partial charge in [-0.15, -0.1) is 0 Å². The highest BCUT2D eigenvalue weighted by atomic mass is 15.1. The van der Waals surface area contributed by atoms with Crippen LogP contribution in [0.4, 0.5) is 0 Å². The van der Waals surface area contributed by atoms with Gasteiger partial charge in [0, 0.05) is 31.3 Å². The topological polar surface area (TPSA) is 55.3 Å². The van der Waals surface area contributed by atoms with Crippen LogP contribution in [0.1, 0.15) is 12.0 Å². The number of hydrogen-bond acceptors (Lipinski definition) is 1. The van der Waals surface area contributed by atoms with Gasteiger partial charge >= 0.3 is 0 Å². The molecule has 2 aromatic carbocycles. The summed E-state index contributed by atoms with van der Waals surface area (Å²) in [7, 11) is 0. The summed E-state index contributed by atoms with van der Waals surface area (Å²) in [6, 6.07) is 21.0. The first-order valence-corrected chi connectivity index (χ1v) is 8.44. The van der Waals surface area contributed by atoms with Crippen LogP contribution >= 0.6 is 0 Å². The number of aliphatic imine (C=N–C) groups is 1. The summed E-state index contributed by atoms with van der Waals surface area (Å²) in [6.45, 7) is 2.49. The monoisotopic (exact) mass is 320 g/mol. The lowest BCUT2D eigenvalue weighted by Gasteiger charge is -2.07. The molecule has 3 rings (SSSR count). The van der Waals surface area contributed by atoms with Gasteiger partial charge in [-0.05, 0) is 35.9 Å². The van der Waals surface area contributed by atoms with Crippen molar-refractivity contribution >= 4 is 16.9 Å². The molecule has 0 radical (unpaired) electrons. The Kier molecular flexibility index (Phi) is 5.51. The van der Waals surface area contributed by atoms with Crippen LogP contribution < -0.4 is 11.1 Å². The Hall–Kier alpha value is -2.75. The molecule has 4 heteroatoms. The summed E-state index contributed by atoms with van der Waals surface area (Å²) in [5, 5.41) is 4.46. The normalized spacial score (nSPS) is 11.8. The number of para-hydroxylation sites is 1. The lowest BCUT2D eigenvalue weighted by Crippen LogP contribution is -2.33. The van der Waals surface area contributed by atoms with Crippen molar-refractivity contribution < 1.29 is 0 Å². The quantitative estimate of drug-likeness (QED) is 0.399. The number of nitrogens with two attached hydrogens (primary N) is 1. The number of aryl methyl sites for hydroxylation is 1. The predicted octanol–water partition coefficient (Wildman–Crippen LogP) is 3.18. The van der Waals surface area contributed by atoms with Crippen molar-refractivity contribution in [2.24, 2.45) is 10.7 Å². The highest BCUT2D eigenvalue weighted by Crippen LogP contribution is 2.15. The van der Waals surface area contributed by atoms with Crippen LogP contribution in [-0.2, 0) is 13.0 Å². The molecular formula is C20H24N4. The van der Waals surface area contributed by atoms with E-state index in [0.717, 1.165) is 32.5 Å². The van der Waals surface area contributed by atoms with E-state index in [2.05, 4.69) is 75.7 Å². The van der Waals surface area contributed by atoms with Crippen molar-refractivity contribution in [1.82, 2.24) is 9.88 Å². The van der Waals surface area contributed by atoms with E-state index in [-0.39, 0.29) is 0 Å². The average molecular weight is 320 g/mol. The number of hydrogen-bond donors (Lipinski definition) is 2. The number of benzene rings is 2. The summed E-state index contributed by atoms with van der Waals surface area (Å²) < 4.78 is 2.27. The van der Waals surface area contributed by atoms with Crippen molar-refractivity contribution in [2.45, 2.75) is 19.4 Å². The number of nitrogens with one attached hydrogen (secondary N) is 1. The Morgan fingerprint density at radius 2 is 1.79 bits per heavy atom. The zero-order valence-electron chi connectivity index (χ0n) is 13.9. The van der Waals surface area contributed by atoms with E-state index < -0.39 is 0 Å². The van der Waals surface area contributed by atoms with Gasteiger partial charge in [-0.2, -0.15) is 0 Å². The maximum atomic E-state index is 5.92. The molecule has 0 aliphatic heterocycles. The van der Waals surface area contributed by atoms with Crippen molar-refractivity contribution in [1.29, 1.82) is 0 Å². The van der Waals surface area contributed by atoms with E-state index in [1.54, 1.807) is 0 Å². The first-order chi connectivity index (χ1) is 11.8. The molecule has 0 saturated heterocycles. The Morgan fingerprint density at radius 3 is 2.67 bits per heavy atom. The fraction of sp³-hybridized carbons (Fsp3) is 0.250. The van der Waals surface area contributed by atoms with Crippen LogP contribution in [0.2, 0.25) is 0 Å². The molecule has 0 atom stereocenters. The van der Waals surface area contributed by atoms with E-state index in [9.17, 15) is 0 Å². The van der Waals surface area contributed by atoms with Crippen LogP contribution in [0.5, 0.6) is 0 Å². The van der Waals surface area contributed by atoms with Gasteiger partial charge in [0.05, 0.1) is 0 Å². The summed E-state index contributed by atoms with van der Waals surface area (Å²) in [6.07, 6.45) is 4.06. The van der Waals surface area contributed by atoms with Gasteiger partial charge in [0.25, 0.3) is 0 Å². The molecule has 4 nitrogen and oxygen atoms in total. The molecule has 0 unspecified atom stereocenters. The van der Waals surface area contributed by atoms with E-state index >= 15 is 0 Å². The Morgan fingerprint density at radius 1 is 1.00 bits per heavy atom. The largest absolute Gasteiger partial charge is 0.370 e. The number of nitrogens with zero attached hydrogens (tertiary/aromatic N) is 2. The minimum absolute atomic E-state index is 0.531. The molecule has 1 heterocycles. The fourth-order valence-corrected chi connectivity index (χ4v) is 2.81. The standard InChI is InChI=1S/C20H24N4/c21-20(23-14-11-17-7-2-1-3-8-17)22-13-6-15-24-16-12-18-9-4-5-10-19(18)24/h1-5,7-10,12,16H,6,11,13-15H2,(H3,21,22,23). The van der Waals surface area contributed by atoms with E-state index in [4.69, 9.17) is 5.73 Å². The molecule has 124 valence electrons. The van der Waals surface area contributed by atoms with Gasteiger partial charge in [0.1, 0.15) is 0 Å². The second-order valence-corrected chi connectivity index (χ2v) is 5.85. The minimum atomic E-state index is 0.531. The van der Waals surface area contributed by atoms with E-state index in [0.29, 0.717) is 5.96 Å². The molecule has 0 spiro atoms. The zero-order valence-corrected chi connectivity index (χ0v) is 13.9. The Labute approximate surface area is 143 Å². The van der Waals surface area contributed by atoms with E-state index in [1.807, 2.05) is 6.07 Å². The Balaban J connectivity index is 1.39. The average Bonchev–Trinajstić information content (AvgIpc) is 3.03. The molecule has 3 N–H and O–H groups in total. The third kappa shape index (κ3) is 4.38. The van der Waals surface area contributed by atoms with Gasteiger partial charge in [0.2, 0.25) is 0 Å². The summed E-state index contributed by atoms with van der Waals surface area (Å²) in [5.41, 5.74) is 8.50. The molecule has 0 fully saturated rings. The lowest BCUT2D eigenvalue weighted by molar-refractivity contribution is 0.669. The van der Waals surface area contributed by atoms with Gasteiger partial charge < -0.3 is 15.6 Å². The SMILES string of the molecule is NC(=NCCCn1ccc2ccccc21)NCCc1ccccc1. The fourth-order valence-electron chi connectivity index (χ4n) is 2.81. The molecule has 0 aliphatic rings. The van der Waals surface area contributed by atoms with Crippen LogP contribution in [0.15, 0.2) is 71.9 Å². The van der Waals surface area contributed by atoms with Crippen molar-refractivity contribution in [3.8, 4) is 0 Å². The number of guanidine groups is 1. The second kappa shape index (κ2) is 8.20. The smallest absolute Gasteiger partial charge is 0.188 e. The van der Waals surface area contributed by atoms with Gasteiger partial charge in [-0.25, -0.2) is 0 Å². The predicted molar refractivity (Wildman–Crippen MR) is 101 cm³/mol. The highest BCUT2D eigenvalue weighted by molar-refractivity contribution is 5.80. The van der Waals surface area contributed by atoms with Crippen LogP contribution in [0.3, 0.4) is 0 Å². The molecule has 0 bridgehead atoms. The van der Waals surface area contributed by atoms with Crippen molar-refractivity contribution in [3.05, 3.63) is 72.4 Å². The first kappa shape index (κ1) is 16.1. The van der Waals surface area contributed by atoms with Crippen molar-refractivity contribution in [3.63, 3.8) is 0 Å². The molecule has 24 heavy (non-hydrogen) atoms. The number of aromatic nitrogens is 1. The summed E-state index contributed by atoms with van der Waals surface area (Å²) in [4.78, 5) is 4.40. The summed E-state index contributed by atoms with van der Waals surface area (Å²) in [5.74, 6) is 0.531.